The van der Waals surface area contributed by atoms with Crippen LogP contribution >= 0.6 is 0 Å². The normalized spacial score (nSPS) is 18.1. The van der Waals surface area contributed by atoms with Gasteiger partial charge in [0.25, 0.3) is 0 Å². The number of anilines is 1. The number of hydrogen-bond donors (Lipinski definition) is 1. The predicted molar refractivity (Wildman–Crippen MR) is 130 cm³/mol. The lowest BCUT2D eigenvalue weighted by atomic mass is 9.56. The van der Waals surface area contributed by atoms with E-state index >= 15 is 4.39 Å². The van der Waals surface area contributed by atoms with Gasteiger partial charge in [-0.25, -0.2) is 9.18 Å². The van der Waals surface area contributed by atoms with Crippen LogP contribution < -0.4 is 10.2 Å². The molecule has 1 aliphatic heterocycles. The number of nitrogens with zero attached hydrogens (tertiary/aromatic N) is 4. The molecule has 1 aliphatic carbocycles. The Morgan fingerprint density at radius 1 is 1.31 bits per heavy atom. The van der Waals surface area contributed by atoms with Crippen molar-refractivity contribution in [3.05, 3.63) is 36.2 Å². The van der Waals surface area contributed by atoms with Gasteiger partial charge in [0.15, 0.2) is 5.82 Å². The maximum absolute atomic E-state index is 15.2. The summed E-state index contributed by atoms with van der Waals surface area (Å²) in [4.78, 5) is 16.4. The number of carbonyl (C=O) groups is 1. The fourth-order valence-corrected chi connectivity index (χ4v) is 5.15. The number of benzene rings is 1. The molecule has 0 atom stereocenters. The molecule has 2 aliphatic rings. The van der Waals surface area contributed by atoms with Crippen LogP contribution in [-0.4, -0.2) is 54.4 Å². The topological polar surface area (TPSA) is 53.4 Å². The van der Waals surface area contributed by atoms with Crippen LogP contribution in [-0.2, 0) is 7.05 Å². The minimum atomic E-state index is -0.260. The van der Waals surface area contributed by atoms with Crippen LogP contribution in [0.1, 0.15) is 57.4 Å². The van der Waals surface area contributed by atoms with Crippen molar-refractivity contribution in [3.8, 4) is 0 Å². The Hall–Kier alpha value is -2.41. The number of rotatable bonds is 5. The monoisotopic (exact) mass is 443 g/mol. The maximum atomic E-state index is 15.2. The van der Waals surface area contributed by atoms with Gasteiger partial charge in [-0.15, -0.1) is 6.58 Å². The zero-order valence-corrected chi connectivity index (χ0v) is 20.2. The van der Waals surface area contributed by atoms with Crippen LogP contribution in [0.4, 0.5) is 15.0 Å². The lowest BCUT2D eigenvalue weighted by Gasteiger charge is -2.52. The van der Waals surface area contributed by atoms with Crippen molar-refractivity contribution in [2.45, 2.75) is 51.9 Å². The van der Waals surface area contributed by atoms with Gasteiger partial charge in [-0.1, -0.05) is 19.9 Å². The fourth-order valence-electron chi connectivity index (χ4n) is 5.15. The average molecular weight is 444 g/mol. The molecule has 1 spiro atoms. The number of piperidine rings is 1. The van der Waals surface area contributed by atoms with Crippen molar-refractivity contribution in [1.29, 1.82) is 0 Å². The van der Waals surface area contributed by atoms with Crippen LogP contribution in [0.2, 0.25) is 0 Å². The van der Waals surface area contributed by atoms with E-state index in [9.17, 15) is 4.79 Å². The molecule has 32 heavy (non-hydrogen) atoms. The summed E-state index contributed by atoms with van der Waals surface area (Å²) < 4.78 is 17.0. The van der Waals surface area contributed by atoms with Gasteiger partial charge in [0, 0.05) is 26.0 Å². The van der Waals surface area contributed by atoms with Crippen molar-refractivity contribution >= 4 is 22.8 Å². The van der Waals surface area contributed by atoms with E-state index < -0.39 is 0 Å². The Morgan fingerprint density at radius 3 is 2.56 bits per heavy atom. The number of carbonyl (C=O) groups excluding carboxylic acids is 1. The highest BCUT2D eigenvalue weighted by Crippen LogP contribution is 2.57. The Labute approximate surface area is 191 Å². The van der Waals surface area contributed by atoms with Crippen LogP contribution in [0.3, 0.4) is 0 Å². The summed E-state index contributed by atoms with van der Waals surface area (Å²) in [6, 6.07) is 3.25. The predicted octanol–water partition coefficient (Wildman–Crippen LogP) is 5.05. The molecular weight excluding hydrogens is 405 g/mol. The molecule has 4 rings (SSSR count). The smallest absolute Gasteiger partial charge is 0.322 e. The number of aromatic nitrogens is 2. The second-order valence-electron chi connectivity index (χ2n) is 9.03. The summed E-state index contributed by atoms with van der Waals surface area (Å²) >= 11 is 0. The van der Waals surface area contributed by atoms with Gasteiger partial charge >= 0.3 is 6.03 Å². The van der Waals surface area contributed by atoms with Crippen molar-refractivity contribution in [1.82, 2.24) is 20.0 Å². The molecule has 1 aromatic carbocycles. The van der Waals surface area contributed by atoms with Gasteiger partial charge in [0.2, 0.25) is 0 Å². The summed E-state index contributed by atoms with van der Waals surface area (Å²) in [7, 11) is 5.61. The van der Waals surface area contributed by atoms with Crippen molar-refractivity contribution in [3.63, 3.8) is 0 Å². The Morgan fingerprint density at radius 2 is 1.97 bits per heavy atom. The molecule has 0 unspecified atom stereocenters. The standard InChI is InChI=1S/C23H32FN5O.C2H6/c1-5-6-9-29(22(30)25-2)21-18-12-19(24)17(13-20(18)28(4)26-21)16-14-23(15-16)7-10-27(3)11-8-23;1-2/h5,12-13,16H,1,6-11,14-15H2,2-4H3,(H,25,30);1-2H3. The van der Waals surface area contributed by atoms with Gasteiger partial charge in [0.1, 0.15) is 5.82 Å². The van der Waals surface area contributed by atoms with Crippen molar-refractivity contribution in [2.75, 3.05) is 38.6 Å². The molecular formula is C25H38FN5O. The second kappa shape index (κ2) is 10.0. The molecule has 1 aromatic heterocycles. The molecule has 6 nitrogen and oxygen atoms in total. The molecule has 0 radical (unpaired) electrons. The second-order valence-corrected chi connectivity index (χ2v) is 9.03. The summed E-state index contributed by atoms with van der Waals surface area (Å²) in [5, 5.41) is 7.88. The quantitative estimate of drug-likeness (QED) is 0.658. The zero-order chi connectivity index (χ0) is 23.5. The minimum absolute atomic E-state index is 0.190. The van der Waals surface area contributed by atoms with Crippen molar-refractivity contribution < 1.29 is 9.18 Å². The molecule has 7 heteroatoms. The highest BCUT2D eigenvalue weighted by molar-refractivity contribution is 6.01. The summed E-state index contributed by atoms with van der Waals surface area (Å²) in [6.45, 7) is 10.5. The third-order valence-electron chi connectivity index (χ3n) is 7.07. The van der Waals surface area contributed by atoms with Crippen molar-refractivity contribution in [2.24, 2.45) is 12.5 Å². The molecule has 2 heterocycles. The summed E-state index contributed by atoms with van der Waals surface area (Å²) in [5.74, 6) is 0.566. The lowest BCUT2D eigenvalue weighted by molar-refractivity contribution is 0.0228. The van der Waals surface area contributed by atoms with E-state index in [1.165, 1.54) is 12.8 Å². The van der Waals surface area contributed by atoms with Gasteiger partial charge in [-0.05, 0) is 81.3 Å². The van der Waals surface area contributed by atoms with Gasteiger partial charge in [-0.2, -0.15) is 5.10 Å². The molecule has 1 N–H and O–H groups in total. The third kappa shape index (κ3) is 4.53. The highest BCUT2D eigenvalue weighted by atomic mass is 19.1. The van der Waals surface area contributed by atoms with Gasteiger partial charge in [0.05, 0.1) is 5.52 Å². The lowest BCUT2D eigenvalue weighted by Crippen LogP contribution is -2.45. The first kappa shape index (κ1) is 24.2. The van der Waals surface area contributed by atoms with E-state index in [0.717, 1.165) is 37.0 Å². The number of aryl methyl sites for hydroxylation is 1. The van der Waals surface area contributed by atoms with E-state index in [1.807, 2.05) is 27.0 Å². The first-order valence-electron chi connectivity index (χ1n) is 11.8. The largest absolute Gasteiger partial charge is 0.341 e. The average Bonchev–Trinajstić information content (AvgIpc) is 3.09. The fraction of sp³-hybridized carbons (Fsp3) is 0.600. The van der Waals surface area contributed by atoms with Crippen LogP contribution in [0.15, 0.2) is 24.8 Å². The van der Waals surface area contributed by atoms with E-state index in [-0.39, 0.29) is 17.8 Å². The van der Waals surface area contributed by atoms with Gasteiger partial charge < -0.3 is 10.2 Å². The SMILES string of the molecule is C=CCCN(C(=O)NC)c1nn(C)c2cc(C3CC4(CCN(C)CC4)C3)c(F)cc12.CC. The maximum Gasteiger partial charge on any atom is 0.322 e. The number of likely N-dealkylation sites (tertiary alicyclic amines) is 1. The van der Waals surface area contributed by atoms with Gasteiger partial charge in [-0.3, -0.25) is 9.58 Å². The van der Waals surface area contributed by atoms with Crippen LogP contribution in [0, 0.1) is 11.2 Å². The number of halogens is 1. The Balaban J connectivity index is 0.00000141. The number of amides is 2. The van der Waals surface area contributed by atoms with E-state index in [4.69, 9.17) is 0 Å². The number of nitrogens with one attached hydrogen (secondary N) is 1. The highest BCUT2D eigenvalue weighted by Gasteiger charge is 2.46. The molecule has 1 saturated carbocycles. The first-order chi connectivity index (χ1) is 15.4. The summed E-state index contributed by atoms with van der Waals surface area (Å²) in [5.41, 5.74) is 2.05. The Bertz CT molecular complexity index is 953. The van der Waals surface area contributed by atoms with Crippen LogP contribution in [0.25, 0.3) is 10.9 Å². The molecule has 176 valence electrons. The molecule has 0 bridgehead atoms. The summed E-state index contributed by atoms with van der Waals surface area (Å²) in [6.07, 6.45) is 6.95. The molecule has 2 amide bonds. The van der Waals surface area contributed by atoms with E-state index in [1.54, 1.807) is 28.8 Å². The Kier molecular flexibility index (Phi) is 7.59. The third-order valence-corrected chi connectivity index (χ3v) is 7.07. The molecule has 1 saturated heterocycles. The number of urea groups is 1. The van der Waals surface area contributed by atoms with E-state index in [0.29, 0.717) is 29.6 Å². The number of fused-ring (bicyclic) bond motifs is 1. The minimum Gasteiger partial charge on any atom is -0.341 e. The van der Waals surface area contributed by atoms with E-state index in [2.05, 4.69) is 28.9 Å². The molecule has 2 aromatic rings. The zero-order valence-electron chi connectivity index (χ0n) is 20.2. The van der Waals surface area contributed by atoms with Crippen LogP contribution in [0.5, 0.6) is 0 Å². The number of hydrogen-bond acceptors (Lipinski definition) is 3. The first-order valence-corrected chi connectivity index (χ1v) is 11.8. The molecule has 2 fully saturated rings.